The van der Waals surface area contributed by atoms with Crippen molar-refractivity contribution in [3.05, 3.63) is 48.8 Å². The van der Waals surface area contributed by atoms with E-state index in [1.54, 1.807) is 12.4 Å². The monoisotopic (exact) mass is 339 g/mol. The van der Waals surface area contributed by atoms with Gasteiger partial charge in [-0.2, -0.15) is 10.2 Å². The predicted molar refractivity (Wildman–Crippen MR) is 103 cm³/mol. The number of ether oxygens (including phenoxy) is 1. The van der Waals surface area contributed by atoms with Crippen molar-refractivity contribution < 1.29 is 4.74 Å². The zero-order valence-corrected chi connectivity index (χ0v) is 15.6. The SMILES string of the molecule is CC(C)CCCC(C)CCOc1ccc(N=Nc2ccncc2)cc1. The first-order valence-corrected chi connectivity index (χ1v) is 9.18. The molecule has 1 heterocycles. The first-order chi connectivity index (χ1) is 12.1. The van der Waals surface area contributed by atoms with Gasteiger partial charge in [0.15, 0.2) is 0 Å². The molecule has 0 amide bonds. The van der Waals surface area contributed by atoms with E-state index in [1.165, 1.54) is 19.3 Å². The average molecular weight is 339 g/mol. The van der Waals surface area contributed by atoms with Crippen LogP contribution in [0.2, 0.25) is 0 Å². The summed E-state index contributed by atoms with van der Waals surface area (Å²) in [7, 11) is 0. The van der Waals surface area contributed by atoms with Crippen LogP contribution in [0, 0.1) is 11.8 Å². The number of azo groups is 1. The van der Waals surface area contributed by atoms with Crippen molar-refractivity contribution >= 4 is 11.4 Å². The maximum Gasteiger partial charge on any atom is 0.119 e. The summed E-state index contributed by atoms with van der Waals surface area (Å²) in [5.41, 5.74) is 1.60. The van der Waals surface area contributed by atoms with Gasteiger partial charge < -0.3 is 4.74 Å². The van der Waals surface area contributed by atoms with Crippen LogP contribution in [0.15, 0.2) is 59.0 Å². The summed E-state index contributed by atoms with van der Waals surface area (Å²) in [6.45, 7) is 7.65. The van der Waals surface area contributed by atoms with Gasteiger partial charge in [-0.15, -0.1) is 0 Å². The van der Waals surface area contributed by atoms with Gasteiger partial charge in [-0.05, 0) is 54.7 Å². The highest BCUT2D eigenvalue weighted by molar-refractivity contribution is 5.42. The molecule has 1 atom stereocenters. The third-order valence-electron chi connectivity index (χ3n) is 4.14. The smallest absolute Gasteiger partial charge is 0.119 e. The maximum atomic E-state index is 5.84. The molecule has 0 spiro atoms. The number of hydrogen-bond acceptors (Lipinski definition) is 4. The zero-order valence-electron chi connectivity index (χ0n) is 15.6. The van der Waals surface area contributed by atoms with E-state index in [-0.39, 0.29) is 0 Å². The fourth-order valence-corrected chi connectivity index (χ4v) is 2.53. The Kier molecular flexibility index (Phi) is 8.10. The normalized spacial score (nSPS) is 12.6. The summed E-state index contributed by atoms with van der Waals surface area (Å²) in [4.78, 5) is 3.96. The molecule has 0 N–H and O–H groups in total. The molecule has 1 aromatic heterocycles. The molecule has 0 aliphatic heterocycles. The first kappa shape index (κ1) is 19.1. The highest BCUT2D eigenvalue weighted by Crippen LogP contribution is 2.21. The second kappa shape index (κ2) is 10.6. The zero-order chi connectivity index (χ0) is 17.9. The number of benzene rings is 1. The van der Waals surface area contributed by atoms with Crippen molar-refractivity contribution in [3.63, 3.8) is 0 Å². The van der Waals surface area contributed by atoms with Crippen LogP contribution in [0.4, 0.5) is 11.4 Å². The molecule has 134 valence electrons. The van der Waals surface area contributed by atoms with E-state index in [1.807, 2.05) is 36.4 Å². The van der Waals surface area contributed by atoms with E-state index in [2.05, 4.69) is 36.0 Å². The second-order valence-electron chi connectivity index (χ2n) is 6.97. The maximum absolute atomic E-state index is 5.84. The van der Waals surface area contributed by atoms with Crippen LogP contribution >= 0.6 is 0 Å². The van der Waals surface area contributed by atoms with Crippen molar-refractivity contribution in [1.29, 1.82) is 0 Å². The highest BCUT2D eigenvalue weighted by atomic mass is 16.5. The van der Waals surface area contributed by atoms with Gasteiger partial charge in [0.2, 0.25) is 0 Å². The Morgan fingerprint density at radius 2 is 1.48 bits per heavy atom. The summed E-state index contributed by atoms with van der Waals surface area (Å²) in [6.07, 6.45) is 8.43. The summed E-state index contributed by atoms with van der Waals surface area (Å²) in [5.74, 6) is 2.40. The second-order valence-corrected chi connectivity index (χ2v) is 6.97. The lowest BCUT2D eigenvalue weighted by Crippen LogP contribution is -2.04. The van der Waals surface area contributed by atoms with Crippen LogP contribution in [0.1, 0.15) is 46.5 Å². The largest absolute Gasteiger partial charge is 0.494 e. The third kappa shape index (κ3) is 7.92. The van der Waals surface area contributed by atoms with Gasteiger partial charge in [0, 0.05) is 12.4 Å². The molecule has 0 fully saturated rings. The lowest BCUT2D eigenvalue weighted by atomic mass is 9.98. The van der Waals surface area contributed by atoms with Crippen LogP contribution in [-0.2, 0) is 0 Å². The molecular formula is C21H29N3O. The van der Waals surface area contributed by atoms with Crippen LogP contribution in [0.5, 0.6) is 5.75 Å². The van der Waals surface area contributed by atoms with Crippen molar-refractivity contribution in [3.8, 4) is 5.75 Å². The molecule has 0 aliphatic rings. The van der Waals surface area contributed by atoms with Gasteiger partial charge in [0.05, 0.1) is 18.0 Å². The molecule has 2 aromatic rings. The molecule has 1 aromatic carbocycles. The number of rotatable bonds is 10. The predicted octanol–water partition coefficient (Wildman–Crippen LogP) is 6.73. The fraction of sp³-hybridized carbons (Fsp3) is 0.476. The quantitative estimate of drug-likeness (QED) is 0.451. The Balaban J connectivity index is 1.70. The minimum absolute atomic E-state index is 0.715. The summed E-state index contributed by atoms with van der Waals surface area (Å²) >= 11 is 0. The molecule has 2 rings (SSSR count). The molecule has 0 saturated carbocycles. The van der Waals surface area contributed by atoms with E-state index < -0.39 is 0 Å². The van der Waals surface area contributed by atoms with Gasteiger partial charge in [-0.3, -0.25) is 4.98 Å². The van der Waals surface area contributed by atoms with Crippen molar-refractivity contribution in [2.75, 3.05) is 6.61 Å². The Bertz CT molecular complexity index is 623. The van der Waals surface area contributed by atoms with E-state index in [9.17, 15) is 0 Å². The Labute approximate surface area is 151 Å². The van der Waals surface area contributed by atoms with Crippen molar-refractivity contribution in [2.24, 2.45) is 22.1 Å². The molecule has 1 unspecified atom stereocenters. The molecule has 0 saturated heterocycles. The molecule has 4 nitrogen and oxygen atoms in total. The standard InChI is InChI=1S/C21H29N3O/c1-17(2)5-4-6-18(3)13-16-25-21-9-7-19(8-10-21)23-24-20-11-14-22-15-12-20/h7-12,14-15,17-18H,4-6,13,16H2,1-3H3. The Morgan fingerprint density at radius 3 is 2.12 bits per heavy atom. The molecule has 25 heavy (non-hydrogen) atoms. The first-order valence-electron chi connectivity index (χ1n) is 9.18. The van der Waals surface area contributed by atoms with Gasteiger partial charge >= 0.3 is 0 Å². The summed E-state index contributed by atoms with van der Waals surface area (Å²) in [6, 6.07) is 11.4. The third-order valence-corrected chi connectivity index (χ3v) is 4.14. The van der Waals surface area contributed by atoms with Crippen LogP contribution < -0.4 is 4.74 Å². The van der Waals surface area contributed by atoms with Gasteiger partial charge in [0.1, 0.15) is 5.75 Å². The Hall–Kier alpha value is -2.23. The summed E-state index contributed by atoms with van der Waals surface area (Å²) < 4.78 is 5.84. The summed E-state index contributed by atoms with van der Waals surface area (Å²) in [5, 5.41) is 8.39. The van der Waals surface area contributed by atoms with Crippen LogP contribution in [0.25, 0.3) is 0 Å². The number of nitrogens with zero attached hydrogens (tertiary/aromatic N) is 3. The molecule has 0 bridgehead atoms. The van der Waals surface area contributed by atoms with E-state index >= 15 is 0 Å². The molecule has 0 radical (unpaired) electrons. The number of pyridine rings is 1. The average Bonchev–Trinajstić information content (AvgIpc) is 2.61. The number of hydrogen-bond donors (Lipinski definition) is 0. The van der Waals surface area contributed by atoms with Crippen LogP contribution in [-0.4, -0.2) is 11.6 Å². The van der Waals surface area contributed by atoms with Crippen molar-refractivity contribution in [2.45, 2.75) is 46.5 Å². The lowest BCUT2D eigenvalue weighted by molar-refractivity contribution is 0.276. The minimum Gasteiger partial charge on any atom is -0.494 e. The Morgan fingerprint density at radius 1 is 0.840 bits per heavy atom. The highest BCUT2D eigenvalue weighted by Gasteiger charge is 2.04. The van der Waals surface area contributed by atoms with Crippen molar-refractivity contribution in [1.82, 2.24) is 4.98 Å². The van der Waals surface area contributed by atoms with E-state index in [0.29, 0.717) is 5.92 Å². The fourth-order valence-electron chi connectivity index (χ4n) is 2.53. The molecular weight excluding hydrogens is 310 g/mol. The minimum atomic E-state index is 0.715. The van der Waals surface area contributed by atoms with Gasteiger partial charge in [-0.25, -0.2) is 0 Å². The van der Waals surface area contributed by atoms with Gasteiger partial charge in [-0.1, -0.05) is 40.0 Å². The molecule has 0 aliphatic carbocycles. The molecule has 4 heteroatoms. The number of aromatic nitrogens is 1. The van der Waals surface area contributed by atoms with E-state index in [0.717, 1.165) is 36.1 Å². The lowest BCUT2D eigenvalue weighted by Gasteiger charge is -2.13. The van der Waals surface area contributed by atoms with Gasteiger partial charge in [0.25, 0.3) is 0 Å². The van der Waals surface area contributed by atoms with Crippen LogP contribution in [0.3, 0.4) is 0 Å². The topological polar surface area (TPSA) is 46.8 Å². The van der Waals surface area contributed by atoms with E-state index in [4.69, 9.17) is 4.74 Å².